The van der Waals surface area contributed by atoms with Crippen molar-refractivity contribution in [3.05, 3.63) is 0 Å². The van der Waals surface area contributed by atoms with E-state index in [4.69, 9.17) is 0 Å². The van der Waals surface area contributed by atoms with Crippen molar-refractivity contribution in [2.75, 3.05) is 0 Å². The van der Waals surface area contributed by atoms with Gasteiger partial charge in [-0.2, -0.15) is 0 Å². The highest BCUT2D eigenvalue weighted by Crippen LogP contribution is 2.55. The number of esters is 2. The summed E-state index contributed by atoms with van der Waals surface area (Å²) >= 11 is 0. The molecular formula is C14H18O6. The minimum atomic E-state index is -0.585. The van der Waals surface area contributed by atoms with Crippen molar-refractivity contribution < 1.29 is 28.7 Å². The molecule has 4 atom stereocenters. The van der Waals surface area contributed by atoms with E-state index in [1.54, 1.807) is 0 Å². The van der Waals surface area contributed by atoms with E-state index in [9.17, 15) is 19.2 Å². The van der Waals surface area contributed by atoms with Gasteiger partial charge in [0, 0.05) is 0 Å². The molecule has 3 aliphatic rings. The fraction of sp³-hybridized carbons (Fsp3) is 0.714. The topological polar surface area (TPSA) is 86.7 Å². The first-order chi connectivity index (χ1) is 9.52. The largest absolute Gasteiger partial charge is 0.395 e. The highest BCUT2D eigenvalue weighted by Gasteiger charge is 2.56. The van der Waals surface area contributed by atoms with Crippen LogP contribution in [-0.2, 0) is 28.7 Å². The molecule has 3 aliphatic carbocycles. The second-order valence-corrected chi connectivity index (χ2v) is 5.74. The van der Waals surface area contributed by atoms with Crippen molar-refractivity contribution in [3.63, 3.8) is 0 Å². The molecule has 6 nitrogen and oxygen atoms in total. The molecule has 20 heavy (non-hydrogen) atoms. The van der Waals surface area contributed by atoms with Crippen molar-refractivity contribution in [3.8, 4) is 0 Å². The van der Waals surface area contributed by atoms with E-state index in [0.717, 1.165) is 6.42 Å². The Bertz CT molecular complexity index is 395. The van der Waals surface area contributed by atoms with E-state index in [0.29, 0.717) is 6.42 Å². The first-order valence-electron chi connectivity index (χ1n) is 6.81. The molecule has 0 heterocycles. The molecule has 0 aromatic heterocycles. The second kappa shape index (κ2) is 5.73. The Hall–Kier alpha value is -1.72. The van der Waals surface area contributed by atoms with E-state index in [1.807, 2.05) is 13.8 Å². The number of hydrogen-bond donors (Lipinski definition) is 0. The predicted octanol–water partition coefficient (Wildman–Crippen LogP) is 0.930. The van der Waals surface area contributed by atoms with Gasteiger partial charge in [-0.15, -0.1) is 0 Å². The van der Waals surface area contributed by atoms with Gasteiger partial charge in [0.2, 0.25) is 0 Å². The molecule has 0 aliphatic heterocycles. The Morgan fingerprint density at radius 3 is 1.65 bits per heavy atom. The summed E-state index contributed by atoms with van der Waals surface area (Å²) in [6.07, 6.45) is 1.64. The molecule has 3 saturated carbocycles. The van der Waals surface area contributed by atoms with E-state index in [-0.39, 0.29) is 36.6 Å². The monoisotopic (exact) mass is 282 g/mol. The van der Waals surface area contributed by atoms with Crippen LogP contribution in [0.2, 0.25) is 0 Å². The van der Waals surface area contributed by atoms with Crippen molar-refractivity contribution in [1.29, 1.82) is 0 Å². The molecule has 0 spiro atoms. The smallest absolute Gasteiger partial charge is 0.316 e. The van der Waals surface area contributed by atoms with Crippen LogP contribution in [0, 0.1) is 35.5 Å². The van der Waals surface area contributed by atoms with Gasteiger partial charge < -0.3 is 9.47 Å². The molecule has 3 fully saturated rings. The average molecular weight is 282 g/mol. The van der Waals surface area contributed by atoms with Gasteiger partial charge in [0.05, 0.1) is 11.8 Å². The zero-order valence-electron chi connectivity index (χ0n) is 11.5. The molecule has 0 aromatic rings. The van der Waals surface area contributed by atoms with Crippen molar-refractivity contribution in [2.24, 2.45) is 35.5 Å². The van der Waals surface area contributed by atoms with Gasteiger partial charge in [-0.3, -0.25) is 19.2 Å². The number of carbonyl (C=O) groups excluding carboxylic acids is 4. The maximum Gasteiger partial charge on any atom is 0.316 e. The molecule has 6 heteroatoms. The highest BCUT2D eigenvalue weighted by molar-refractivity contribution is 5.83. The van der Waals surface area contributed by atoms with Gasteiger partial charge in [-0.25, -0.2) is 0 Å². The Morgan fingerprint density at radius 1 is 0.850 bits per heavy atom. The Balaban J connectivity index is 2.28. The lowest BCUT2D eigenvalue weighted by Crippen LogP contribution is -2.54. The van der Waals surface area contributed by atoms with Crippen LogP contribution in [0.3, 0.4) is 0 Å². The van der Waals surface area contributed by atoms with Gasteiger partial charge >= 0.3 is 24.9 Å². The lowest BCUT2D eigenvalue weighted by molar-refractivity contribution is -0.176. The molecule has 3 rings (SSSR count). The summed E-state index contributed by atoms with van der Waals surface area (Å²) < 4.78 is 8.97. The van der Waals surface area contributed by atoms with Crippen molar-refractivity contribution >= 4 is 24.9 Å². The second-order valence-electron chi connectivity index (χ2n) is 5.74. The van der Waals surface area contributed by atoms with E-state index < -0.39 is 23.8 Å². The van der Waals surface area contributed by atoms with Crippen LogP contribution >= 0.6 is 0 Å². The number of fused-ring (bicyclic) bond motifs is 3. The third-order valence-electron chi connectivity index (χ3n) is 5.11. The summed E-state index contributed by atoms with van der Waals surface area (Å²) in [5.74, 6) is -2.08. The first-order valence-corrected chi connectivity index (χ1v) is 6.81. The maximum atomic E-state index is 12.0. The van der Waals surface area contributed by atoms with Crippen LogP contribution < -0.4 is 0 Å². The van der Waals surface area contributed by atoms with Gasteiger partial charge in [-0.1, -0.05) is 13.8 Å². The number of hydrogen-bond acceptors (Lipinski definition) is 6. The van der Waals surface area contributed by atoms with Gasteiger partial charge in [0.1, 0.15) is 0 Å². The fourth-order valence-electron chi connectivity index (χ4n) is 4.32. The van der Waals surface area contributed by atoms with Crippen LogP contribution in [0.5, 0.6) is 0 Å². The van der Waals surface area contributed by atoms with Crippen LogP contribution in [0.15, 0.2) is 0 Å². The summed E-state index contributed by atoms with van der Waals surface area (Å²) in [6.45, 7) is 4.15. The summed E-state index contributed by atoms with van der Waals surface area (Å²) in [6, 6.07) is 0. The van der Waals surface area contributed by atoms with Crippen molar-refractivity contribution in [2.45, 2.75) is 26.7 Å². The van der Waals surface area contributed by atoms with Gasteiger partial charge in [0.25, 0.3) is 0 Å². The van der Waals surface area contributed by atoms with E-state index in [2.05, 4.69) is 9.47 Å². The fourth-order valence-corrected chi connectivity index (χ4v) is 4.32. The molecule has 0 amide bonds. The normalized spacial score (nSPS) is 38.9. The zero-order valence-corrected chi connectivity index (χ0v) is 11.5. The summed E-state index contributed by atoms with van der Waals surface area (Å²) in [5.41, 5.74) is 0. The molecule has 110 valence electrons. The van der Waals surface area contributed by atoms with Crippen LogP contribution in [-0.4, -0.2) is 24.9 Å². The SMILES string of the molecule is CC1C2CCC(C1C(=O)OC=O)C(C(=O)OC=O)C2C. The van der Waals surface area contributed by atoms with Crippen LogP contribution in [0.1, 0.15) is 26.7 Å². The lowest BCUT2D eigenvalue weighted by Gasteiger charge is -2.52. The Labute approximate surface area is 116 Å². The summed E-state index contributed by atoms with van der Waals surface area (Å²) in [7, 11) is 0. The third kappa shape index (κ3) is 2.23. The highest BCUT2D eigenvalue weighted by atomic mass is 16.6. The molecule has 0 aromatic carbocycles. The lowest BCUT2D eigenvalue weighted by atomic mass is 9.51. The molecule has 4 unspecified atom stereocenters. The minimum Gasteiger partial charge on any atom is -0.395 e. The van der Waals surface area contributed by atoms with E-state index in [1.165, 1.54) is 0 Å². The quantitative estimate of drug-likeness (QED) is 0.433. The molecule has 2 bridgehead atoms. The first kappa shape index (κ1) is 14.7. The average Bonchev–Trinajstić information content (AvgIpc) is 2.39. The molecule has 0 radical (unpaired) electrons. The Kier molecular flexibility index (Phi) is 4.20. The summed E-state index contributed by atoms with van der Waals surface area (Å²) in [5, 5.41) is 0. The Morgan fingerprint density at radius 2 is 1.25 bits per heavy atom. The van der Waals surface area contributed by atoms with Gasteiger partial charge in [0.15, 0.2) is 0 Å². The number of ether oxygens (including phenoxy) is 2. The van der Waals surface area contributed by atoms with Gasteiger partial charge in [-0.05, 0) is 36.5 Å². The summed E-state index contributed by atoms with van der Waals surface area (Å²) in [4.78, 5) is 44.7. The molecule has 0 N–H and O–H groups in total. The standard InChI is InChI=1S/C14H18O6/c1-7-9-3-4-10(11(7)13(17)19-5-15)12(8(9)2)14(18)20-6-16/h5-12H,3-4H2,1-2H3. The molecular weight excluding hydrogens is 264 g/mol. The zero-order chi connectivity index (χ0) is 14.9. The number of carbonyl (C=O) groups is 4. The van der Waals surface area contributed by atoms with Crippen LogP contribution in [0.25, 0.3) is 0 Å². The molecule has 0 saturated heterocycles. The van der Waals surface area contributed by atoms with Crippen LogP contribution in [0.4, 0.5) is 0 Å². The third-order valence-corrected chi connectivity index (χ3v) is 5.11. The number of rotatable bonds is 4. The minimum absolute atomic E-state index is 0.0523. The maximum absolute atomic E-state index is 12.0. The predicted molar refractivity (Wildman–Crippen MR) is 65.8 cm³/mol. The van der Waals surface area contributed by atoms with E-state index >= 15 is 0 Å². The van der Waals surface area contributed by atoms with Crippen molar-refractivity contribution in [1.82, 2.24) is 0 Å².